The predicted molar refractivity (Wildman–Crippen MR) is 33.8 cm³/mol. The minimum Gasteiger partial charge on any atom is -0.308 e. The Hall–Kier alpha value is -0.370. The van der Waals surface area contributed by atoms with Crippen LogP contribution in [0.5, 0.6) is 0 Å². The van der Waals surface area contributed by atoms with Crippen LogP contribution in [0, 0.1) is 0 Å². The van der Waals surface area contributed by atoms with Gasteiger partial charge in [-0.25, -0.2) is 0 Å². The van der Waals surface area contributed by atoms with Crippen LogP contribution in [0.4, 0.5) is 0 Å². The molecule has 0 aliphatic heterocycles. The van der Waals surface area contributed by atoms with E-state index in [0.29, 0.717) is 0 Å². The highest BCUT2D eigenvalue weighted by molar-refractivity contribution is 5.80. The number of rotatable bonds is 3. The van der Waals surface area contributed by atoms with E-state index in [1.54, 1.807) is 6.92 Å². The lowest BCUT2D eigenvalue weighted by Crippen LogP contribution is -2.31. The molecule has 0 rings (SSSR count). The Morgan fingerprint density at radius 1 is 1.75 bits per heavy atom. The fourth-order valence-corrected chi connectivity index (χ4v) is 0.450. The third kappa shape index (κ3) is 2.75. The van der Waals surface area contributed by atoms with Crippen LogP contribution in [0.1, 0.15) is 20.8 Å². The summed E-state index contributed by atoms with van der Waals surface area (Å²) in [7, 11) is 0. The summed E-state index contributed by atoms with van der Waals surface area (Å²) >= 11 is 0. The van der Waals surface area contributed by atoms with E-state index in [1.165, 1.54) is 0 Å². The molecule has 0 unspecified atom stereocenters. The van der Waals surface area contributed by atoms with Crippen LogP contribution in [0.15, 0.2) is 0 Å². The standard InChI is InChI=1S/C6H13NO/c1-4-7-5(2)6(3)8/h5,7H,4H2,1-3H3/t5-/m0/s1. The molecule has 2 heteroatoms. The SMILES string of the molecule is CCN[C@@H](C)C(C)=O. The second-order valence-corrected chi connectivity index (χ2v) is 1.89. The molecule has 0 aromatic carbocycles. The summed E-state index contributed by atoms with van der Waals surface area (Å²) in [6.45, 7) is 6.30. The van der Waals surface area contributed by atoms with Crippen LogP contribution in [0.2, 0.25) is 0 Å². The van der Waals surface area contributed by atoms with Crippen LogP contribution >= 0.6 is 0 Å². The number of hydrogen-bond acceptors (Lipinski definition) is 2. The fraction of sp³-hybridized carbons (Fsp3) is 0.833. The van der Waals surface area contributed by atoms with E-state index >= 15 is 0 Å². The highest BCUT2D eigenvalue weighted by Gasteiger charge is 2.02. The van der Waals surface area contributed by atoms with E-state index in [4.69, 9.17) is 0 Å². The molecule has 0 aromatic rings. The molecule has 0 saturated heterocycles. The van der Waals surface area contributed by atoms with E-state index in [9.17, 15) is 4.79 Å². The fourth-order valence-electron chi connectivity index (χ4n) is 0.450. The highest BCUT2D eigenvalue weighted by atomic mass is 16.1. The number of hydrogen-bond donors (Lipinski definition) is 1. The maximum atomic E-state index is 10.5. The predicted octanol–water partition coefficient (Wildman–Crippen LogP) is 0.573. The van der Waals surface area contributed by atoms with Crippen molar-refractivity contribution >= 4 is 5.78 Å². The summed E-state index contributed by atoms with van der Waals surface area (Å²) in [5.41, 5.74) is 0. The molecule has 0 aliphatic rings. The smallest absolute Gasteiger partial charge is 0.146 e. The van der Waals surface area contributed by atoms with Crippen molar-refractivity contribution in [1.29, 1.82) is 0 Å². The monoisotopic (exact) mass is 115 g/mol. The number of carbonyl (C=O) groups is 1. The van der Waals surface area contributed by atoms with Crippen molar-refractivity contribution in [2.45, 2.75) is 26.8 Å². The Kier molecular flexibility index (Phi) is 3.44. The van der Waals surface area contributed by atoms with E-state index in [2.05, 4.69) is 5.32 Å². The minimum atomic E-state index is 0.0278. The second-order valence-electron chi connectivity index (χ2n) is 1.89. The Morgan fingerprint density at radius 2 is 2.25 bits per heavy atom. The third-order valence-corrected chi connectivity index (χ3v) is 1.12. The average Bonchev–Trinajstić information content (AvgIpc) is 1.67. The van der Waals surface area contributed by atoms with Crippen molar-refractivity contribution in [2.75, 3.05) is 6.54 Å². The molecule has 8 heavy (non-hydrogen) atoms. The lowest BCUT2D eigenvalue weighted by Gasteiger charge is -2.05. The third-order valence-electron chi connectivity index (χ3n) is 1.12. The molecule has 0 heterocycles. The van der Waals surface area contributed by atoms with Crippen molar-refractivity contribution in [3.8, 4) is 0 Å². The van der Waals surface area contributed by atoms with Crippen LogP contribution < -0.4 is 5.32 Å². The van der Waals surface area contributed by atoms with Gasteiger partial charge in [0.15, 0.2) is 0 Å². The first-order valence-corrected chi connectivity index (χ1v) is 2.92. The zero-order chi connectivity index (χ0) is 6.57. The van der Waals surface area contributed by atoms with Gasteiger partial charge in [-0.1, -0.05) is 6.92 Å². The van der Waals surface area contributed by atoms with Gasteiger partial charge in [-0.15, -0.1) is 0 Å². The molecule has 0 amide bonds. The van der Waals surface area contributed by atoms with Crippen molar-refractivity contribution in [3.05, 3.63) is 0 Å². The number of nitrogens with one attached hydrogen (secondary N) is 1. The Morgan fingerprint density at radius 3 is 2.38 bits per heavy atom. The van der Waals surface area contributed by atoms with Gasteiger partial charge in [0.05, 0.1) is 6.04 Å². The summed E-state index contributed by atoms with van der Waals surface area (Å²) in [4.78, 5) is 10.5. The first-order valence-electron chi connectivity index (χ1n) is 2.92. The molecule has 1 N–H and O–H groups in total. The molecule has 48 valence electrons. The first-order chi connectivity index (χ1) is 3.68. The van der Waals surface area contributed by atoms with Crippen LogP contribution in [-0.4, -0.2) is 18.4 Å². The minimum absolute atomic E-state index is 0.0278. The molecule has 1 atom stereocenters. The van der Waals surface area contributed by atoms with Crippen LogP contribution in [-0.2, 0) is 4.79 Å². The second kappa shape index (κ2) is 3.61. The first kappa shape index (κ1) is 7.63. The Labute approximate surface area is 50.3 Å². The van der Waals surface area contributed by atoms with E-state index < -0.39 is 0 Å². The van der Waals surface area contributed by atoms with Gasteiger partial charge in [0.25, 0.3) is 0 Å². The molecule has 0 aromatic heterocycles. The maximum Gasteiger partial charge on any atom is 0.146 e. The molecule has 0 bridgehead atoms. The summed E-state index contributed by atoms with van der Waals surface area (Å²) in [5.74, 6) is 0.201. The van der Waals surface area contributed by atoms with E-state index in [1.807, 2.05) is 13.8 Å². The van der Waals surface area contributed by atoms with Gasteiger partial charge in [0.2, 0.25) is 0 Å². The Bertz CT molecular complexity index is 80.6. The maximum absolute atomic E-state index is 10.5. The Balaban J connectivity index is 3.32. The molecule has 0 aliphatic carbocycles. The van der Waals surface area contributed by atoms with Crippen molar-refractivity contribution in [2.24, 2.45) is 0 Å². The quantitative estimate of drug-likeness (QED) is 0.582. The van der Waals surface area contributed by atoms with Crippen molar-refractivity contribution in [1.82, 2.24) is 5.32 Å². The van der Waals surface area contributed by atoms with Gasteiger partial charge < -0.3 is 5.32 Å². The summed E-state index contributed by atoms with van der Waals surface area (Å²) < 4.78 is 0. The lowest BCUT2D eigenvalue weighted by atomic mass is 10.2. The van der Waals surface area contributed by atoms with Gasteiger partial charge in [0, 0.05) is 0 Å². The summed E-state index contributed by atoms with van der Waals surface area (Å²) in [6, 6.07) is 0.0278. The zero-order valence-corrected chi connectivity index (χ0v) is 5.69. The van der Waals surface area contributed by atoms with Gasteiger partial charge in [-0.05, 0) is 20.4 Å². The number of carbonyl (C=O) groups excluding carboxylic acids is 1. The zero-order valence-electron chi connectivity index (χ0n) is 5.69. The molecule has 0 saturated carbocycles. The number of Topliss-reactive ketones (excluding diaryl/α,β-unsaturated/α-hetero) is 1. The lowest BCUT2D eigenvalue weighted by molar-refractivity contribution is -0.118. The van der Waals surface area contributed by atoms with Gasteiger partial charge in [-0.2, -0.15) is 0 Å². The number of likely N-dealkylation sites (N-methyl/N-ethyl adjacent to an activating group) is 1. The van der Waals surface area contributed by atoms with Crippen LogP contribution in [0.3, 0.4) is 0 Å². The molecular weight excluding hydrogens is 102 g/mol. The largest absolute Gasteiger partial charge is 0.308 e. The molecule has 0 fully saturated rings. The van der Waals surface area contributed by atoms with Crippen LogP contribution in [0.25, 0.3) is 0 Å². The van der Waals surface area contributed by atoms with E-state index in [-0.39, 0.29) is 11.8 Å². The summed E-state index contributed by atoms with van der Waals surface area (Å²) in [6.07, 6.45) is 0. The average molecular weight is 115 g/mol. The van der Waals surface area contributed by atoms with Gasteiger partial charge >= 0.3 is 0 Å². The normalized spacial score (nSPS) is 13.4. The topological polar surface area (TPSA) is 29.1 Å². The summed E-state index contributed by atoms with van der Waals surface area (Å²) in [5, 5.41) is 3.00. The van der Waals surface area contributed by atoms with Crippen molar-refractivity contribution in [3.63, 3.8) is 0 Å². The number of ketones is 1. The molecule has 2 nitrogen and oxygen atoms in total. The molecule has 0 spiro atoms. The highest BCUT2D eigenvalue weighted by Crippen LogP contribution is 1.80. The van der Waals surface area contributed by atoms with Crippen molar-refractivity contribution < 1.29 is 4.79 Å². The van der Waals surface area contributed by atoms with E-state index in [0.717, 1.165) is 6.54 Å². The van der Waals surface area contributed by atoms with Gasteiger partial charge in [0.1, 0.15) is 5.78 Å². The molecule has 0 radical (unpaired) electrons. The van der Waals surface area contributed by atoms with Gasteiger partial charge in [-0.3, -0.25) is 4.79 Å². The molecular formula is C6H13NO.